The number of thioether (sulfide) groups is 1. The van der Waals surface area contributed by atoms with E-state index in [-0.39, 0.29) is 5.91 Å². The fourth-order valence-corrected chi connectivity index (χ4v) is 3.77. The standard InChI is InChI=1S/C18H13Cl2NO2S2/c1-10-2-5-15(23-9-11-3-4-13(19)8-14(11)20)12(6-10)7-16-17(22)21-18(24)25-16/h2-8H,9H2,1H3,(H,21,22,24)/b16-7-. The van der Waals surface area contributed by atoms with Gasteiger partial charge in [0.15, 0.2) is 0 Å². The summed E-state index contributed by atoms with van der Waals surface area (Å²) in [5, 5.41) is 3.74. The van der Waals surface area contributed by atoms with Crippen molar-refractivity contribution in [2.45, 2.75) is 13.5 Å². The van der Waals surface area contributed by atoms with Gasteiger partial charge >= 0.3 is 0 Å². The third kappa shape index (κ3) is 4.55. The van der Waals surface area contributed by atoms with Crippen molar-refractivity contribution in [3.63, 3.8) is 0 Å². The predicted molar refractivity (Wildman–Crippen MR) is 108 cm³/mol. The van der Waals surface area contributed by atoms with Crippen LogP contribution in [-0.4, -0.2) is 10.2 Å². The summed E-state index contributed by atoms with van der Waals surface area (Å²) in [5.41, 5.74) is 2.71. The molecule has 1 amide bonds. The number of ether oxygens (including phenoxy) is 1. The van der Waals surface area contributed by atoms with Crippen molar-refractivity contribution in [1.29, 1.82) is 0 Å². The van der Waals surface area contributed by atoms with Crippen LogP contribution in [0, 0.1) is 6.92 Å². The summed E-state index contributed by atoms with van der Waals surface area (Å²) in [4.78, 5) is 12.4. The second kappa shape index (κ2) is 7.79. The highest BCUT2D eigenvalue weighted by Gasteiger charge is 2.22. The summed E-state index contributed by atoms with van der Waals surface area (Å²) < 4.78 is 6.38. The van der Waals surface area contributed by atoms with Gasteiger partial charge in [-0.25, -0.2) is 0 Å². The molecule has 3 nitrogen and oxygen atoms in total. The maximum absolute atomic E-state index is 11.9. The highest BCUT2D eigenvalue weighted by atomic mass is 35.5. The zero-order valence-corrected chi connectivity index (χ0v) is 16.3. The molecule has 1 fully saturated rings. The van der Waals surface area contributed by atoms with Gasteiger partial charge in [0.05, 0.1) is 4.91 Å². The van der Waals surface area contributed by atoms with Crippen molar-refractivity contribution in [2.75, 3.05) is 0 Å². The summed E-state index contributed by atoms with van der Waals surface area (Å²) in [6.45, 7) is 2.28. The summed E-state index contributed by atoms with van der Waals surface area (Å²) >= 11 is 18.4. The third-order valence-electron chi connectivity index (χ3n) is 3.49. The maximum Gasteiger partial charge on any atom is 0.263 e. The van der Waals surface area contributed by atoms with Crippen LogP contribution < -0.4 is 10.1 Å². The van der Waals surface area contributed by atoms with Crippen molar-refractivity contribution in [3.8, 4) is 5.75 Å². The molecule has 1 aliphatic rings. The van der Waals surface area contributed by atoms with Crippen molar-refractivity contribution >= 4 is 63.5 Å². The summed E-state index contributed by atoms with van der Waals surface area (Å²) in [5.74, 6) is 0.471. The van der Waals surface area contributed by atoms with Crippen LogP contribution in [0.4, 0.5) is 0 Å². The van der Waals surface area contributed by atoms with Gasteiger partial charge in [-0.1, -0.05) is 64.9 Å². The molecule has 7 heteroatoms. The minimum absolute atomic E-state index is 0.191. The molecule has 25 heavy (non-hydrogen) atoms. The Labute approximate surface area is 165 Å². The van der Waals surface area contributed by atoms with Crippen LogP contribution in [0.1, 0.15) is 16.7 Å². The lowest BCUT2D eigenvalue weighted by Crippen LogP contribution is -2.17. The first-order chi connectivity index (χ1) is 11.9. The molecular formula is C18H13Cl2NO2S2. The van der Waals surface area contributed by atoms with Gasteiger partial charge in [-0.2, -0.15) is 0 Å². The number of benzene rings is 2. The molecule has 2 aromatic carbocycles. The van der Waals surface area contributed by atoms with E-state index in [9.17, 15) is 4.79 Å². The Kier molecular flexibility index (Phi) is 5.69. The van der Waals surface area contributed by atoms with Gasteiger partial charge in [0.1, 0.15) is 16.7 Å². The summed E-state index contributed by atoms with van der Waals surface area (Å²) in [7, 11) is 0. The first-order valence-corrected chi connectivity index (χ1v) is 9.32. The van der Waals surface area contributed by atoms with Crippen molar-refractivity contribution in [3.05, 3.63) is 68.0 Å². The van der Waals surface area contributed by atoms with E-state index in [1.54, 1.807) is 18.2 Å². The molecule has 0 aliphatic carbocycles. The fourth-order valence-electron chi connectivity index (χ4n) is 2.27. The minimum Gasteiger partial charge on any atom is -0.488 e. The SMILES string of the molecule is Cc1ccc(OCc2ccc(Cl)cc2Cl)c(/C=C2\SC(=S)NC2=O)c1. The number of halogens is 2. The molecule has 0 unspecified atom stereocenters. The molecule has 0 spiro atoms. The van der Waals surface area contributed by atoms with E-state index in [1.807, 2.05) is 31.2 Å². The predicted octanol–water partition coefficient (Wildman–Crippen LogP) is 5.37. The third-order valence-corrected chi connectivity index (χ3v) is 5.24. The number of amides is 1. The molecule has 1 N–H and O–H groups in total. The smallest absolute Gasteiger partial charge is 0.263 e. The van der Waals surface area contributed by atoms with Crippen LogP contribution in [0.15, 0.2) is 41.3 Å². The Balaban J connectivity index is 1.85. The van der Waals surface area contributed by atoms with Crippen LogP contribution in [-0.2, 0) is 11.4 Å². The first-order valence-electron chi connectivity index (χ1n) is 7.34. The first kappa shape index (κ1) is 18.3. The van der Waals surface area contributed by atoms with E-state index in [0.717, 1.165) is 16.7 Å². The van der Waals surface area contributed by atoms with E-state index in [2.05, 4.69) is 5.32 Å². The van der Waals surface area contributed by atoms with Gasteiger partial charge in [-0.15, -0.1) is 0 Å². The number of carbonyl (C=O) groups is 1. The van der Waals surface area contributed by atoms with Crippen LogP contribution >= 0.6 is 47.2 Å². The van der Waals surface area contributed by atoms with E-state index in [1.165, 1.54) is 11.8 Å². The average molecular weight is 410 g/mol. The Bertz CT molecular complexity index is 897. The molecule has 3 rings (SSSR count). The second-order valence-electron chi connectivity index (χ2n) is 5.42. The Morgan fingerprint density at radius 2 is 2.04 bits per heavy atom. The van der Waals surface area contributed by atoms with E-state index < -0.39 is 0 Å². The van der Waals surface area contributed by atoms with Crippen LogP contribution in [0.3, 0.4) is 0 Å². The van der Waals surface area contributed by atoms with Crippen LogP contribution in [0.2, 0.25) is 10.0 Å². The summed E-state index contributed by atoms with van der Waals surface area (Å²) in [6.07, 6.45) is 1.78. The Morgan fingerprint density at radius 1 is 1.24 bits per heavy atom. The lowest BCUT2D eigenvalue weighted by atomic mass is 10.1. The highest BCUT2D eigenvalue weighted by molar-refractivity contribution is 8.26. The minimum atomic E-state index is -0.191. The molecule has 0 radical (unpaired) electrons. The normalized spacial score (nSPS) is 15.6. The monoisotopic (exact) mass is 409 g/mol. The number of aryl methyl sites for hydroxylation is 1. The molecule has 0 saturated carbocycles. The highest BCUT2D eigenvalue weighted by Crippen LogP contribution is 2.31. The number of carbonyl (C=O) groups excluding carboxylic acids is 1. The van der Waals surface area contributed by atoms with Gasteiger partial charge in [-0.3, -0.25) is 4.79 Å². The van der Waals surface area contributed by atoms with Crippen molar-refractivity contribution in [1.82, 2.24) is 5.32 Å². The fraction of sp³-hybridized carbons (Fsp3) is 0.111. The van der Waals surface area contributed by atoms with E-state index in [4.69, 9.17) is 40.2 Å². The van der Waals surface area contributed by atoms with E-state index in [0.29, 0.717) is 31.6 Å². The largest absolute Gasteiger partial charge is 0.488 e. The molecule has 1 saturated heterocycles. The van der Waals surface area contributed by atoms with Crippen LogP contribution in [0.5, 0.6) is 5.75 Å². The maximum atomic E-state index is 11.9. The number of hydrogen-bond acceptors (Lipinski definition) is 4. The van der Waals surface area contributed by atoms with Gasteiger partial charge in [0.25, 0.3) is 5.91 Å². The lowest BCUT2D eigenvalue weighted by Gasteiger charge is -2.12. The molecular weight excluding hydrogens is 397 g/mol. The summed E-state index contributed by atoms with van der Waals surface area (Å²) in [6, 6.07) is 11.1. The number of hydrogen-bond donors (Lipinski definition) is 1. The van der Waals surface area contributed by atoms with Gasteiger partial charge < -0.3 is 10.1 Å². The Hall–Kier alpha value is -1.53. The average Bonchev–Trinajstić information content (AvgIpc) is 2.85. The zero-order valence-electron chi connectivity index (χ0n) is 13.1. The van der Waals surface area contributed by atoms with E-state index >= 15 is 0 Å². The van der Waals surface area contributed by atoms with Crippen molar-refractivity contribution in [2.24, 2.45) is 0 Å². The number of nitrogens with one attached hydrogen (secondary N) is 1. The topological polar surface area (TPSA) is 38.3 Å². The molecule has 0 atom stereocenters. The molecule has 1 heterocycles. The lowest BCUT2D eigenvalue weighted by molar-refractivity contribution is -0.115. The molecule has 1 aliphatic heterocycles. The zero-order chi connectivity index (χ0) is 18.0. The van der Waals surface area contributed by atoms with Gasteiger partial charge in [0, 0.05) is 21.2 Å². The van der Waals surface area contributed by atoms with Crippen LogP contribution in [0.25, 0.3) is 6.08 Å². The number of rotatable bonds is 4. The van der Waals surface area contributed by atoms with Gasteiger partial charge in [-0.05, 0) is 37.3 Å². The van der Waals surface area contributed by atoms with Crippen molar-refractivity contribution < 1.29 is 9.53 Å². The molecule has 0 aromatic heterocycles. The molecule has 0 bridgehead atoms. The second-order valence-corrected chi connectivity index (χ2v) is 7.98. The van der Waals surface area contributed by atoms with Gasteiger partial charge in [0.2, 0.25) is 0 Å². The molecule has 2 aromatic rings. The number of thiocarbonyl (C=S) groups is 1. The Morgan fingerprint density at radius 3 is 2.72 bits per heavy atom. The quantitative estimate of drug-likeness (QED) is 0.543. The molecule has 128 valence electrons.